The van der Waals surface area contributed by atoms with Crippen LogP contribution in [0.15, 0.2) is 45.7 Å². The number of primary sulfonamides is 1. The molecule has 22 heavy (non-hydrogen) atoms. The van der Waals surface area contributed by atoms with Crippen molar-refractivity contribution in [1.82, 2.24) is 19.9 Å². The lowest BCUT2D eigenvalue weighted by atomic mass is 10.3. The van der Waals surface area contributed by atoms with E-state index in [-0.39, 0.29) is 16.7 Å². The van der Waals surface area contributed by atoms with E-state index in [1.165, 1.54) is 30.6 Å². The van der Waals surface area contributed by atoms with E-state index in [9.17, 15) is 8.42 Å². The first-order valence-electron chi connectivity index (χ1n) is 5.94. The number of azo groups is 1. The summed E-state index contributed by atoms with van der Waals surface area (Å²) in [5.74, 6) is 0.467. The summed E-state index contributed by atoms with van der Waals surface area (Å²) < 4.78 is 22.3. The highest BCUT2D eigenvalue weighted by Gasteiger charge is 2.08. The number of H-pyrrole nitrogens is 1. The van der Waals surface area contributed by atoms with Crippen molar-refractivity contribution in [3.63, 3.8) is 0 Å². The Morgan fingerprint density at radius 3 is 2.45 bits per heavy atom. The molecule has 0 aliphatic heterocycles. The van der Waals surface area contributed by atoms with Gasteiger partial charge in [-0.15, -0.1) is 10.2 Å². The first-order chi connectivity index (χ1) is 10.4. The van der Waals surface area contributed by atoms with Gasteiger partial charge in [-0.1, -0.05) is 0 Å². The number of aromatic amines is 1. The fourth-order valence-corrected chi connectivity index (χ4v) is 2.20. The lowest BCUT2D eigenvalue weighted by molar-refractivity contribution is 0.598. The third-order valence-electron chi connectivity index (χ3n) is 2.73. The van der Waals surface area contributed by atoms with E-state index in [1.54, 1.807) is 0 Å². The molecule has 0 radical (unpaired) electrons. The van der Waals surface area contributed by atoms with Crippen LogP contribution in [0.1, 0.15) is 0 Å². The number of nitrogens with zero attached hydrogens (tertiary/aromatic N) is 5. The number of nitrogens with two attached hydrogens (primary N) is 2. The van der Waals surface area contributed by atoms with E-state index < -0.39 is 10.0 Å². The second-order valence-corrected chi connectivity index (χ2v) is 5.82. The molecule has 11 heteroatoms. The molecule has 112 valence electrons. The highest BCUT2D eigenvalue weighted by atomic mass is 32.2. The molecule has 0 saturated heterocycles. The summed E-state index contributed by atoms with van der Waals surface area (Å²) in [5.41, 5.74) is 6.96. The number of nitrogens with one attached hydrogen (secondary N) is 1. The van der Waals surface area contributed by atoms with E-state index in [1.807, 2.05) is 0 Å². The Morgan fingerprint density at radius 2 is 1.82 bits per heavy atom. The Bertz CT molecular complexity index is 961. The van der Waals surface area contributed by atoms with Gasteiger partial charge in [0.25, 0.3) is 0 Å². The van der Waals surface area contributed by atoms with Crippen LogP contribution in [0.4, 0.5) is 17.5 Å². The molecule has 0 atom stereocenters. The fraction of sp³-hybridized carbons (Fsp3) is 0. The van der Waals surface area contributed by atoms with Gasteiger partial charge in [-0.25, -0.2) is 23.5 Å². The molecule has 0 aliphatic rings. The minimum absolute atomic E-state index is 0.00163. The van der Waals surface area contributed by atoms with Gasteiger partial charge < -0.3 is 10.7 Å². The normalized spacial score (nSPS) is 12.2. The van der Waals surface area contributed by atoms with Crippen LogP contribution in [0.2, 0.25) is 0 Å². The summed E-state index contributed by atoms with van der Waals surface area (Å²) in [5, 5.41) is 12.8. The van der Waals surface area contributed by atoms with E-state index in [0.29, 0.717) is 16.9 Å². The van der Waals surface area contributed by atoms with Gasteiger partial charge in [0.15, 0.2) is 11.5 Å². The van der Waals surface area contributed by atoms with Crippen LogP contribution >= 0.6 is 0 Å². The fourth-order valence-electron chi connectivity index (χ4n) is 1.69. The summed E-state index contributed by atoms with van der Waals surface area (Å²) in [7, 11) is -3.73. The van der Waals surface area contributed by atoms with Gasteiger partial charge in [0.05, 0.1) is 10.6 Å². The largest absolute Gasteiger partial charge is 0.382 e. The molecule has 0 unspecified atom stereocenters. The molecule has 0 spiro atoms. The van der Waals surface area contributed by atoms with E-state index >= 15 is 0 Å². The Hall–Kier alpha value is -2.92. The van der Waals surface area contributed by atoms with Crippen LogP contribution in [0, 0.1) is 0 Å². The number of anilines is 1. The molecule has 3 aromatic rings. The molecule has 1 aromatic carbocycles. The molecule has 0 fully saturated rings. The number of hydrogen-bond acceptors (Lipinski definition) is 8. The summed E-state index contributed by atoms with van der Waals surface area (Å²) in [6, 6.07) is 5.62. The van der Waals surface area contributed by atoms with E-state index in [2.05, 4.69) is 30.2 Å². The standard InChI is InChI=1S/C11H10N8O2S/c12-9-8-10(15-5-14-9)17-11(16-8)19-18-6-1-3-7(4-2-6)22(13,20)21/h1-5H,(H2,13,20,21)(H3,12,14,15,16,17). The topological polar surface area (TPSA) is 165 Å². The molecule has 0 aliphatic carbocycles. The Balaban J connectivity index is 1.88. The van der Waals surface area contributed by atoms with Crippen molar-refractivity contribution >= 4 is 38.6 Å². The Kier molecular flexibility index (Phi) is 3.27. The maximum Gasteiger partial charge on any atom is 0.249 e. The van der Waals surface area contributed by atoms with Crippen molar-refractivity contribution in [3.8, 4) is 0 Å². The summed E-state index contributed by atoms with van der Waals surface area (Å²) in [4.78, 5) is 14.7. The zero-order chi connectivity index (χ0) is 15.7. The average Bonchev–Trinajstić information content (AvgIpc) is 2.89. The third-order valence-corrected chi connectivity index (χ3v) is 3.66. The minimum Gasteiger partial charge on any atom is -0.382 e. The second kappa shape index (κ2) is 5.13. The molecule has 0 bridgehead atoms. The molecule has 10 nitrogen and oxygen atoms in total. The van der Waals surface area contributed by atoms with Crippen molar-refractivity contribution < 1.29 is 8.42 Å². The zero-order valence-corrected chi connectivity index (χ0v) is 11.8. The molecule has 3 rings (SSSR count). The number of nitrogen functional groups attached to an aromatic ring is 1. The predicted molar refractivity (Wildman–Crippen MR) is 78.1 cm³/mol. The van der Waals surface area contributed by atoms with Crippen molar-refractivity contribution in [1.29, 1.82) is 0 Å². The molecule has 5 N–H and O–H groups in total. The van der Waals surface area contributed by atoms with Gasteiger partial charge in [-0.05, 0) is 24.3 Å². The zero-order valence-electron chi connectivity index (χ0n) is 11.0. The van der Waals surface area contributed by atoms with E-state index in [0.717, 1.165) is 0 Å². The number of sulfonamides is 1. The van der Waals surface area contributed by atoms with Crippen LogP contribution in [-0.4, -0.2) is 28.4 Å². The lowest BCUT2D eigenvalue weighted by Crippen LogP contribution is -2.11. The first kappa shape index (κ1) is 14.0. The highest BCUT2D eigenvalue weighted by Crippen LogP contribution is 2.21. The maximum absolute atomic E-state index is 11.1. The van der Waals surface area contributed by atoms with E-state index in [4.69, 9.17) is 10.9 Å². The van der Waals surface area contributed by atoms with Gasteiger partial charge in [0.2, 0.25) is 16.0 Å². The number of rotatable bonds is 3. The number of fused-ring (bicyclic) bond motifs is 1. The van der Waals surface area contributed by atoms with Crippen molar-refractivity contribution in [3.05, 3.63) is 30.6 Å². The number of aromatic nitrogens is 4. The monoisotopic (exact) mass is 318 g/mol. The number of imidazole rings is 1. The van der Waals surface area contributed by atoms with Crippen molar-refractivity contribution in [2.24, 2.45) is 15.4 Å². The highest BCUT2D eigenvalue weighted by molar-refractivity contribution is 7.89. The smallest absolute Gasteiger partial charge is 0.249 e. The van der Waals surface area contributed by atoms with Gasteiger partial charge in [0, 0.05) is 0 Å². The van der Waals surface area contributed by atoms with Gasteiger partial charge >= 0.3 is 0 Å². The van der Waals surface area contributed by atoms with Crippen LogP contribution in [-0.2, 0) is 10.0 Å². The summed E-state index contributed by atoms with van der Waals surface area (Å²) >= 11 is 0. The van der Waals surface area contributed by atoms with Gasteiger partial charge in [-0.2, -0.15) is 4.98 Å². The SMILES string of the molecule is Nc1ncnc2nc(N=Nc3ccc(S(N)(=O)=O)cc3)[nH]c12. The predicted octanol–water partition coefficient (Wildman–Crippen LogP) is 0.998. The summed E-state index contributed by atoms with van der Waals surface area (Å²) in [6.07, 6.45) is 1.30. The first-order valence-corrected chi connectivity index (χ1v) is 7.49. The average molecular weight is 318 g/mol. The third kappa shape index (κ3) is 2.75. The molecule has 2 heterocycles. The van der Waals surface area contributed by atoms with Crippen LogP contribution in [0.5, 0.6) is 0 Å². The quantitative estimate of drug-likeness (QED) is 0.609. The molecule has 2 aromatic heterocycles. The Morgan fingerprint density at radius 1 is 1.09 bits per heavy atom. The molecule has 0 amide bonds. The molecular formula is C11H10N8O2S. The van der Waals surface area contributed by atoms with Gasteiger partial charge in [-0.3, -0.25) is 0 Å². The number of hydrogen-bond donors (Lipinski definition) is 3. The Labute approximate surface area is 124 Å². The van der Waals surface area contributed by atoms with Gasteiger partial charge in [0.1, 0.15) is 11.8 Å². The lowest BCUT2D eigenvalue weighted by Gasteiger charge is -1.97. The second-order valence-electron chi connectivity index (χ2n) is 4.26. The summed E-state index contributed by atoms with van der Waals surface area (Å²) in [6.45, 7) is 0. The number of benzene rings is 1. The van der Waals surface area contributed by atoms with Crippen molar-refractivity contribution in [2.45, 2.75) is 4.90 Å². The van der Waals surface area contributed by atoms with Crippen LogP contribution in [0.25, 0.3) is 11.2 Å². The minimum atomic E-state index is -3.73. The molecular weight excluding hydrogens is 308 g/mol. The van der Waals surface area contributed by atoms with Crippen LogP contribution in [0.3, 0.4) is 0 Å². The van der Waals surface area contributed by atoms with Crippen molar-refractivity contribution in [2.75, 3.05) is 5.73 Å². The van der Waals surface area contributed by atoms with Crippen LogP contribution < -0.4 is 10.9 Å². The maximum atomic E-state index is 11.1. The molecule has 0 saturated carbocycles.